The zero-order chi connectivity index (χ0) is 9.97. The van der Waals surface area contributed by atoms with Crippen LogP contribution in [0, 0.1) is 5.82 Å². The van der Waals surface area contributed by atoms with E-state index in [0.717, 1.165) is 31.5 Å². The highest BCUT2D eigenvalue weighted by Gasteiger charge is 2.18. The van der Waals surface area contributed by atoms with Crippen molar-refractivity contribution in [3.8, 4) is 0 Å². The molecule has 1 aliphatic rings. The van der Waals surface area contributed by atoms with Gasteiger partial charge in [0.1, 0.15) is 5.82 Å². The minimum Gasteiger partial charge on any atom is -0.316 e. The summed E-state index contributed by atoms with van der Waals surface area (Å²) in [5.41, 5.74) is 0.793. The van der Waals surface area contributed by atoms with Crippen molar-refractivity contribution < 1.29 is 4.39 Å². The molecule has 1 N–H and O–H groups in total. The lowest BCUT2D eigenvalue weighted by molar-refractivity contribution is 0.446. The molecule has 3 heteroatoms. The lowest BCUT2D eigenvalue weighted by Gasteiger charge is -2.23. The van der Waals surface area contributed by atoms with Crippen LogP contribution in [0.5, 0.6) is 0 Å². The van der Waals surface area contributed by atoms with Crippen LogP contribution in [0.4, 0.5) is 4.39 Å². The molecule has 76 valence electrons. The van der Waals surface area contributed by atoms with E-state index < -0.39 is 0 Å². The average Bonchev–Trinajstić information content (AvgIpc) is 2.19. The smallest absolute Gasteiger partial charge is 0.128 e. The summed E-state index contributed by atoms with van der Waals surface area (Å²) in [6, 6.07) is 4.95. The minimum absolute atomic E-state index is 0.175. The molecule has 0 radical (unpaired) electrons. The van der Waals surface area contributed by atoms with Gasteiger partial charge < -0.3 is 5.32 Å². The molecular formula is C11H13ClFN. The number of rotatable bonds is 1. The van der Waals surface area contributed by atoms with Gasteiger partial charge in [0.2, 0.25) is 0 Å². The van der Waals surface area contributed by atoms with Crippen LogP contribution < -0.4 is 5.32 Å². The van der Waals surface area contributed by atoms with Gasteiger partial charge in [-0.15, -0.1) is 0 Å². The molecule has 0 spiro atoms. The molecule has 1 nitrogen and oxygen atoms in total. The van der Waals surface area contributed by atoms with Gasteiger partial charge in [0, 0.05) is 11.6 Å². The standard InChI is InChI=1S/C11H13ClFN/c12-9-3-4-10(11(13)6-9)8-2-1-5-14-7-8/h3-4,6,8,14H,1-2,5,7H2. The van der Waals surface area contributed by atoms with Gasteiger partial charge in [-0.2, -0.15) is 0 Å². The van der Waals surface area contributed by atoms with Crippen LogP contribution in [0.2, 0.25) is 5.02 Å². The van der Waals surface area contributed by atoms with Crippen molar-refractivity contribution in [2.24, 2.45) is 0 Å². The fraction of sp³-hybridized carbons (Fsp3) is 0.455. The summed E-state index contributed by atoms with van der Waals surface area (Å²) >= 11 is 5.70. The molecule has 0 aromatic heterocycles. The number of hydrogen-bond donors (Lipinski definition) is 1. The molecule has 2 rings (SSSR count). The Bertz CT molecular complexity index is 321. The van der Waals surface area contributed by atoms with Crippen LogP contribution >= 0.6 is 11.6 Å². The summed E-state index contributed by atoms with van der Waals surface area (Å²) in [6.45, 7) is 1.92. The van der Waals surface area contributed by atoms with E-state index in [0.29, 0.717) is 10.9 Å². The van der Waals surface area contributed by atoms with Crippen LogP contribution in [0.1, 0.15) is 24.3 Å². The van der Waals surface area contributed by atoms with Crippen LogP contribution in [0.3, 0.4) is 0 Å². The van der Waals surface area contributed by atoms with Crippen LogP contribution in [-0.4, -0.2) is 13.1 Å². The monoisotopic (exact) mass is 213 g/mol. The highest BCUT2D eigenvalue weighted by atomic mass is 35.5. The second-order valence-corrected chi connectivity index (χ2v) is 4.15. The molecule has 1 heterocycles. The summed E-state index contributed by atoms with van der Waals surface area (Å²) in [4.78, 5) is 0. The van der Waals surface area contributed by atoms with Gasteiger partial charge in [0.25, 0.3) is 0 Å². The van der Waals surface area contributed by atoms with Crippen molar-refractivity contribution in [1.82, 2.24) is 5.32 Å². The Kier molecular flexibility index (Phi) is 3.04. The normalized spacial score (nSPS) is 22.3. The van der Waals surface area contributed by atoms with Crippen LogP contribution in [-0.2, 0) is 0 Å². The third kappa shape index (κ3) is 2.07. The molecular weight excluding hydrogens is 201 g/mol. The van der Waals surface area contributed by atoms with Crippen molar-refractivity contribution in [3.05, 3.63) is 34.6 Å². The Labute approximate surface area is 88.3 Å². The lowest BCUT2D eigenvalue weighted by Crippen LogP contribution is -2.28. The van der Waals surface area contributed by atoms with Gasteiger partial charge in [0.15, 0.2) is 0 Å². The molecule has 1 saturated heterocycles. The SMILES string of the molecule is Fc1cc(Cl)ccc1C1CCCNC1. The maximum atomic E-state index is 13.5. The first-order valence-electron chi connectivity index (χ1n) is 4.93. The molecule has 0 bridgehead atoms. The summed E-state index contributed by atoms with van der Waals surface area (Å²) in [7, 11) is 0. The number of halogens is 2. The van der Waals surface area contributed by atoms with E-state index in [2.05, 4.69) is 5.32 Å². The predicted molar refractivity (Wildman–Crippen MR) is 56.3 cm³/mol. The molecule has 0 saturated carbocycles. The van der Waals surface area contributed by atoms with Crippen molar-refractivity contribution >= 4 is 11.6 Å². The third-order valence-corrected chi connectivity index (χ3v) is 2.93. The van der Waals surface area contributed by atoms with Gasteiger partial charge in [-0.25, -0.2) is 4.39 Å². The minimum atomic E-state index is -0.175. The topological polar surface area (TPSA) is 12.0 Å². The Balaban J connectivity index is 2.22. The first-order valence-corrected chi connectivity index (χ1v) is 5.31. The van der Waals surface area contributed by atoms with Gasteiger partial charge in [0.05, 0.1) is 0 Å². The van der Waals surface area contributed by atoms with Gasteiger partial charge in [-0.05, 0) is 43.0 Å². The van der Waals surface area contributed by atoms with Crippen molar-refractivity contribution in [1.29, 1.82) is 0 Å². The Morgan fingerprint density at radius 1 is 1.43 bits per heavy atom. The summed E-state index contributed by atoms with van der Waals surface area (Å²) < 4.78 is 13.5. The zero-order valence-electron chi connectivity index (χ0n) is 7.89. The second-order valence-electron chi connectivity index (χ2n) is 3.71. The Morgan fingerprint density at radius 3 is 2.93 bits per heavy atom. The van der Waals surface area contributed by atoms with E-state index in [4.69, 9.17) is 11.6 Å². The van der Waals surface area contributed by atoms with Gasteiger partial charge >= 0.3 is 0 Å². The summed E-state index contributed by atoms with van der Waals surface area (Å²) in [5, 5.41) is 3.74. The maximum Gasteiger partial charge on any atom is 0.128 e. The second kappa shape index (κ2) is 4.28. The number of piperidine rings is 1. The number of nitrogens with one attached hydrogen (secondary N) is 1. The van der Waals surface area contributed by atoms with Gasteiger partial charge in [-0.3, -0.25) is 0 Å². The molecule has 1 atom stereocenters. The predicted octanol–water partition coefficient (Wildman–Crippen LogP) is 2.95. The maximum absolute atomic E-state index is 13.5. The highest BCUT2D eigenvalue weighted by molar-refractivity contribution is 6.30. The zero-order valence-corrected chi connectivity index (χ0v) is 8.65. The lowest BCUT2D eigenvalue weighted by atomic mass is 9.91. The van der Waals surface area contributed by atoms with Gasteiger partial charge in [-0.1, -0.05) is 17.7 Å². The molecule has 1 aromatic carbocycles. The summed E-state index contributed by atoms with van der Waals surface area (Å²) in [6.07, 6.45) is 2.18. The third-order valence-electron chi connectivity index (χ3n) is 2.70. The van der Waals surface area contributed by atoms with Crippen LogP contribution in [0.15, 0.2) is 18.2 Å². The molecule has 1 fully saturated rings. The molecule has 14 heavy (non-hydrogen) atoms. The Morgan fingerprint density at radius 2 is 2.29 bits per heavy atom. The quantitative estimate of drug-likeness (QED) is 0.757. The largest absolute Gasteiger partial charge is 0.316 e. The van der Waals surface area contributed by atoms with E-state index in [-0.39, 0.29) is 5.82 Å². The van der Waals surface area contributed by atoms with E-state index in [1.165, 1.54) is 6.07 Å². The average molecular weight is 214 g/mol. The fourth-order valence-corrected chi connectivity index (χ4v) is 2.11. The van der Waals surface area contributed by atoms with E-state index in [1.54, 1.807) is 12.1 Å². The van der Waals surface area contributed by atoms with E-state index >= 15 is 0 Å². The first-order chi connectivity index (χ1) is 6.77. The summed E-state index contributed by atoms with van der Waals surface area (Å²) in [5.74, 6) is 0.132. The number of benzene rings is 1. The highest BCUT2D eigenvalue weighted by Crippen LogP contribution is 2.27. The van der Waals surface area contributed by atoms with E-state index in [9.17, 15) is 4.39 Å². The molecule has 1 aliphatic heterocycles. The molecule has 1 aromatic rings. The molecule has 0 amide bonds. The molecule has 0 aliphatic carbocycles. The Hall–Kier alpha value is -0.600. The van der Waals surface area contributed by atoms with E-state index in [1.807, 2.05) is 0 Å². The van der Waals surface area contributed by atoms with Crippen molar-refractivity contribution in [2.45, 2.75) is 18.8 Å². The van der Waals surface area contributed by atoms with Crippen molar-refractivity contribution in [3.63, 3.8) is 0 Å². The molecule has 1 unspecified atom stereocenters. The number of hydrogen-bond acceptors (Lipinski definition) is 1. The fourth-order valence-electron chi connectivity index (χ4n) is 1.95. The first kappa shape index (κ1) is 9.94. The van der Waals surface area contributed by atoms with Crippen LogP contribution in [0.25, 0.3) is 0 Å². The van der Waals surface area contributed by atoms with Crippen molar-refractivity contribution in [2.75, 3.05) is 13.1 Å².